The quantitative estimate of drug-likeness (QED) is 0.884. The summed E-state index contributed by atoms with van der Waals surface area (Å²) in [5, 5.41) is 0. The third-order valence-corrected chi connectivity index (χ3v) is 3.30. The fourth-order valence-electron chi connectivity index (χ4n) is 1.96. The molecule has 1 unspecified atom stereocenters. The number of nitrogens with two attached hydrogens (primary N) is 1. The van der Waals surface area contributed by atoms with Gasteiger partial charge in [0.15, 0.2) is 0 Å². The van der Waals surface area contributed by atoms with Crippen molar-refractivity contribution < 1.29 is 0 Å². The maximum atomic E-state index is 5.68. The Bertz CT molecular complexity index is 297. The third kappa shape index (κ3) is 3.62. The minimum absolute atomic E-state index is 0.271. The highest BCUT2D eigenvalue weighted by atomic mass is 79.9. The zero-order valence-electron chi connectivity index (χ0n) is 9.76. The van der Waals surface area contributed by atoms with Crippen LogP contribution in [-0.2, 0) is 0 Å². The van der Waals surface area contributed by atoms with Crippen molar-refractivity contribution in [2.24, 2.45) is 11.1 Å². The molecule has 0 fully saturated rings. The van der Waals surface area contributed by atoms with Crippen LogP contribution in [0.1, 0.15) is 38.7 Å². The Morgan fingerprint density at radius 3 is 2.13 bits per heavy atom. The smallest absolute Gasteiger partial charge is 0.0175 e. The van der Waals surface area contributed by atoms with Crippen LogP contribution in [0.4, 0.5) is 0 Å². The van der Waals surface area contributed by atoms with Gasteiger partial charge in [-0.3, -0.25) is 0 Å². The number of rotatable bonds is 3. The fourth-order valence-corrected chi connectivity index (χ4v) is 2.23. The van der Waals surface area contributed by atoms with Gasteiger partial charge in [-0.2, -0.15) is 0 Å². The van der Waals surface area contributed by atoms with Gasteiger partial charge in [-0.25, -0.2) is 0 Å². The van der Waals surface area contributed by atoms with E-state index in [0.29, 0.717) is 5.92 Å². The van der Waals surface area contributed by atoms with Crippen molar-refractivity contribution in [2.75, 3.05) is 6.54 Å². The van der Waals surface area contributed by atoms with E-state index >= 15 is 0 Å². The van der Waals surface area contributed by atoms with Crippen LogP contribution >= 0.6 is 15.9 Å². The maximum absolute atomic E-state index is 5.68. The van der Waals surface area contributed by atoms with Crippen LogP contribution < -0.4 is 5.73 Å². The van der Waals surface area contributed by atoms with Gasteiger partial charge in [-0.15, -0.1) is 0 Å². The van der Waals surface area contributed by atoms with Gasteiger partial charge in [-0.1, -0.05) is 48.8 Å². The van der Waals surface area contributed by atoms with Crippen LogP contribution in [0, 0.1) is 5.41 Å². The van der Waals surface area contributed by atoms with E-state index in [1.807, 2.05) is 0 Å². The molecule has 1 aromatic carbocycles. The first-order valence-corrected chi connectivity index (χ1v) is 6.20. The first-order valence-electron chi connectivity index (χ1n) is 5.40. The van der Waals surface area contributed by atoms with E-state index in [2.05, 4.69) is 61.0 Å². The maximum Gasteiger partial charge on any atom is 0.0175 e. The Morgan fingerprint density at radius 1 is 1.20 bits per heavy atom. The minimum Gasteiger partial charge on any atom is -0.330 e. The summed E-state index contributed by atoms with van der Waals surface area (Å²) in [5.41, 5.74) is 7.34. The number of hydrogen-bond donors (Lipinski definition) is 1. The van der Waals surface area contributed by atoms with Crippen LogP contribution in [-0.4, -0.2) is 6.54 Å². The number of halogens is 1. The average molecular weight is 270 g/mol. The van der Waals surface area contributed by atoms with Crippen molar-refractivity contribution in [1.29, 1.82) is 0 Å². The predicted molar refractivity (Wildman–Crippen MR) is 70.0 cm³/mol. The van der Waals surface area contributed by atoms with Gasteiger partial charge in [0.25, 0.3) is 0 Å². The lowest BCUT2D eigenvalue weighted by atomic mass is 9.75. The van der Waals surface area contributed by atoms with Crippen LogP contribution in [0.15, 0.2) is 28.7 Å². The van der Waals surface area contributed by atoms with Gasteiger partial charge in [0.1, 0.15) is 0 Å². The molecule has 0 spiro atoms. The summed E-state index contributed by atoms with van der Waals surface area (Å²) in [6, 6.07) is 8.58. The standard InChI is InChI=1S/C13H20BrN/c1-13(2,3)12(8-9-15)10-4-6-11(14)7-5-10/h4-7,12H,8-9,15H2,1-3H3. The van der Waals surface area contributed by atoms with Crippen molar-refractivity contribution in [3.63, 3.8) is 0 Å². The molecule has 2 N–H and O–H groups in total. The Balaban J connectivity index is 2.94. The molecule has 0 bridgehead atoms. The third-order valence-electron chi connectivity index (χ3n) is 2.77. The lowest BCUT2D eigenvalue weighted by Crippen LogP contribution is -2.21. The van der Waals surface area contributed by atoms with Crippen molar-refractivity contribution >= 4 is 15.9 Å². The molecular weight excluding hydrogens is 250 g/mol. The van der Waals surface area contributed by atoms with E-state index in [9.17, 15) is 0 Å². The van der Waals surface area contributed by atoms with E-state index < -0.39 is 0 Å². The zero-order valence-corrected chi connectivity index (χ0v) is 11.3. The van der Waals surface area contributed by atoms with E-state index in [1.165, 1.54) is 5.56 Å². The topological polar surface area (TPSA) is 26.0 Å². The first-order chi connectivity index (χ1) is 6.95. The largest absolute Gasteiger partial charge is 0.330 e. The second-order valence-electron chi connectivity index (χ2n) is 5.05. The average Bonchev–Trinajstić information content (AvgIpc) is 2.14. The molecule has 1 aromatic rings. The fraction of sp³-hybridized carbons (Fsp3) is 0.538. The summed E-state index contributed by atoms with van der Waals surface area (Å²) in [5.74, 6) is 0.538. The summed E-state index contributed by atoms with van der Waals surface area (Å²) in [7, 11) is 0. The number of benzene rings is 1. The SMILES string of the molecule is CC(C)(C)C(CCN)c1ccc(Br)cc1. The monoisotopic (exact) mass is 269 g/mol. The molecule has 0 heterocycles. The van der Waals surface area contributed by atoms with Crippen LogP contribution in [0.3, 0.4) is 0 Å². The zero-order chi connectivity index (χ0) is 11.5. The van der Waals surface area contributed by atoms with Crippen molar-refractivity contribution in [2.45, 2.75) is 33.1 Å². The van der Waals surface area contributed by atoms with Gasteiger partial charge >= 0.3 is 0 Å². The molecule has 0 aliphatic rings. The summed E-state index contributed by atoms with van der Waals surface area (Å²) < 4.78 is 1.13. The molecule has 0 saturated carbocycles. The molecule has 0 aliphatic heterocycles. The van der Waals surface area contributed by atoms with Crippen LogP contribution in [0.5, 0.6) is 0 Å². The predicted octanol–water partition coefficient (Wildman–Crippen LogP) is 3.93. The van der Waals surface area contributed by atoms with Crippen molar-refractivity contribution in [3.8, 4) is 0 Å². The second-order valence-corrected chi connectivity index (χ2v) is 5.96. The first kappa shape index (κ1) is 12.7. The van der Waals surface area contributed by atoms with Crippen LogP contribution in [0.2, 0.25) is 0 Å². The molecule has 0 aromatic heterocycles. The highest BCUT2D eigenvalue weighted by Gasteiger charge is 2.25. The Kier molecular flexibility index (Phi) is 4.35. The van der Waals surface area contributed by atoms with Gasteiger partial charge in [0.2, 0.25) is 0 Å². The molecule has 0 aliphatic carbocycles. The highest BCUT2D eigenvalue weighted by Crippen LogP contribution is 2.37. The Morgan fingerprint density at radius 2 is 1.73 bits per heavy atom. The van der Waals surface area contributed by atoms with E-state index in [4.69, 9.17) is 5.73 Å². The van der Waals surface area contributed by atoms with Crippen LogP contribution in [0.25, 0.3) is 0 Å². The summed E-state index contributed by atoms with van der Waals surface area (Å²) in [4.78, 5) is 0. The van der Waals surface area contributed by atoms with E-state index in [1.54, 1.807) is 0 Å². The molecule has 0 radical (unpaired) electrons. The lowest BCUT2D eigenvalue weighted by molar-refractivity contribution is 0.308. The van der Waals surface area contributed by atoms with Gasteiger partial charge in [0, 0.05) is 4.47 Å². The lowest BCUT2D eigenvalue weighted by Gasteiger charge is -2.31. The van der Waals surface area contributed by atoms with E-state index in [0.717, 1.165) is 17.4 Å². The molecule has 0 amide bonds. The Labute approximate surface area is 101 Å². The molecular formula is C13H20BrN. The van der Waals surface area contributed by atoms with Gasteiger partial charge < -0.3 is 5.73 Å². The van der Waals surface area contributed by atoms with Crippen molar-refractivity contribution in [1.82, 2.24) is 0 Å². The van der Waals surface area contributed by atoms with Gasteiger partial charge in [-0.05, 0) is 42.0 Å². The molecule has 1 atom stereocenters. The molecule has 1 rings (SSSR count). The molecule has 0 saturated heterocycles. The molecule has 1 nitrogen and oxygen atoms in total. The molecule has 15 heavy (non-hydrogen) atoms. The Hall–Kier alpha value is -0.340. The molecule has 2 heteroatoms. The summed E-state index contributed by atoms with van der Waals surface area (Å²) in [6.07, 6.45) is 1.05. The van der Waals surface area contributed by atoms with Gasteiger partial charge in [0.05, 0.1) is 0 Å². The molecule has 84 valence electrons. The second kappa shape index (κ2) is 5.13. The highest BCUT2D eigenvalue weighted by molar-refractivity contribution is 9.10. The summed E-state index contributed by atoms with van der Waals surface area (Å²) >= 11 is 3.46. The summed E-state index contributed by atoms with van der Waals surface area (Å²) in [6.45, 7) is 7.57. The minimum atomic E-state index is 0.271. The number of hydrogen-bond acceptors (Lipinski definition) is 1. The van der Waals surface area contributed by atoms with E-state index in [-0.39, 0.29) is 5.41 Å². The normalized spacial score (nSPS) is 13.9. The van der Waals surface area contributed by atoms with Crippen molar-refractivity contribution in [3.05, 3.63) is 34.3 Å².